The zero-order chi connectivity index (χ0) is 22.2. The average molecular weight is 437 g/mol. The molecule has 2 aliphatic rings. The number of H-pyrrole nitrogens is 1. The summed E-state index contributed by atoms with van der Waals surface area (Å²) in [4.78, 5) is 27.0. The quantitative estimate of drug-likeness (QED) is 0.527. The van der Waals surface area contributed by atoms with E-state index >= 15 is 0 Å². The summed E-state index contributed by atoms with van der Waals surface area (Å²) < 4.78 is 0. The van der Waals surface area contributed by atoms with Crippen molar-refractivity contribution in [1.82, 2.24) is 25.1 Å². The molecule has 2 unspecified atom stereocenters. The maximum atomic E-state index is 13.5. The predicted octanol–water partition coefficient (Wildman–Crippen LogP) is 3.74. The molecular weight excluding hydrogens is 412 g/mol. The van der Waals surface area contributed by atoms with Gasteiger partial charge in [-0.05, 0) is 23.3 Å². The summed E-state index contributed by atoms with van der Waals surface area (Å²) in [6, 6.07) is 19.9. The number of aromatic amines is 1. The molecule has 164 valence electrons. The number of hydrogen-bond donors (Lipinski definition) is 1. The fraction of sp³-hybridized carbons (Fsp3) is 0.231. The second-order valence-electron chi connectivity index (χ2n) is 8.78. The Labute approximate surface area is 192 Å². The highest BCUT2D eigenvalue weighted by atomic mass is 16.2. The molecule has 4 aromatic rings. The van der Waals surface area contributed by atoms with E-state index in [0.29, 0.717) is 11.8 Å². The highest BCUT2D eigenvalue weighted by molar-refractivity contribution is 6.01. The van der Waals surface area contributed by atoms with Crippen LogP contribution in [0.5, 0.6) is 0 Å². The lowest BCUT2D eigenvalue weighted by Crippen LogP contribution is -2.34. The molecule has 0 bridgehead atoms. The molecule has 2 saturated heterocycles. The van der Waals surface area contributed by atoms with Gasteiger partial charge in [-0.2, -0.15) is 5.10 Å². The van der Waals surface area contributed by atoms with Gasteiger partial charge in [-0.25, -0.2) is 9.97 Å². The van der Waals surface area contributed by atoms with E-state index in [1.165, 1.54) is 0 Å². The first-order valence-electron chi connectivity index (χ1n) is 11.3. The van der Waals surface area contributed by atoms with Gasteiger partial charge < -0.3 is 9.80 Å². The molecule has 1 amide bonds. The second kappa shape index (κ2) is 8.16. The lowest BCUT2D eigenvalue weighted by Gasteiger charge is -2.23. The Bertz CT molecular complexity index is 1260. The van der Waals surface area contributed by atoms with E-state index in [1.807, 2.05) is 59.6 Å². The average Bonchev–Trinajstić information content (AvgIpc) is 3.61. The van der Waals surface area contributed by atoms with E-state index < -0.39 is 0 Å². The van der Waals surface area contributed by atoms with Crippen molar-refractivity contribution < 1.29 is 4.79 Å². The third-order valence-corrected chi connectivity index (χ3v) is 6.74. The van der Waals surface area contributed by atoms with Crippen molar-refractivity contribution in [2.24, 2.45) is 11.8 Å². The van der Waals surface area contributed by atoms with Crippen molar-refractivity contribution in [3.63, 3.8) is 0 Å². The second-order valence-corrected chi connectivity index (χ2v) is 8.78. The minimum atomic E-state index is 0.119. The molecule has 33 heavy (non-hydrogen) atoms. The predicted molar refractivity (Wildman–Crippen MR) is 127 cm³/mol. The molecule has 0 aliphatic carbocycles. The topological polar surface area (TPSA) is 78.0 Å². The van der Waals surface area contributed by atoms with Crippen LogP contribution in [0.2, 0.25) is 0 Å². The number of amides is 1. The zero-order valence-corrected chi connectivity index (χ0v) is 18.1. The molecule has 2 aromatic carbocycles. The number of nitrogens with zero attached hydrogens (tertiary/aromatic N) is 5. The van der Waals surface area contributed by atoms with Crippen LogP contribution in [-0.4, -0.2) is 57.2 Å². The highest BCUT2D eigenvalue weighted by Gasteiger charge is 2.42. The minimum absolute atomic E-state index is 0.119. The Morgan fingerprint density at radius 3 is 2.39 bits per heavy atom. The minimum Gasteiger partial charge on any atom is -0.340 e. The molecule has 7 heteroatoms. The van der Waals surface area contributed by atoms with E-state index in [2.05, 4.69) is 32.2 Å². The van der Waals surface area contributed by atoms with Crippen molar-refractivity contribution in [2.45, 2.75) is 0 Å². The van der Waals surface area contributed by atoms with Crippen LogP contribution in [-0.2, 0) is 0 Å². The number of hydrogen-bond acceptors (Lipinski definition) is 5. The van der Waals surface area contributed by atoms with Crippen LogP contribution in [0.1, 0.15) is 10.4 Å². The van der Waals surface area contributed by atoms with Crippen LogP contribution in [0.3, 0.4) is 0 Å². The Kier molecular flexibility index (Phi) is 4.87. The maximum absolute atomic E-state index is 13.5. The smallest absolute Gasteiger partial charge is 0.254 e. The highest BCUT2D eigenvalue weighted by Crippen LogP contribution is 2.35. The van der Waals surface area contributed by atoms with Crippen LogP contribution in [0.4, 0.5) is 5.95 Å². The van der Waals surface area contributed by atoms with Crippen molar-refractivity contribution in [1.29, 1.82) is 0 Å². The number of benzene rings is 2. The van der Waals surface area contributed by atoms with Gasteiger partial charge in [0, 0.05) is 61.5 Å². The molecule has 0 radical (unpaired) electrons. The van der Waals surface area contributed by atoms with Crippen molar-refractivity contribution in [3.05, 3.63) is 84.8 Å². The third kappa shape index (κ3) is 3.65. The summed E-state index contributed by atoms with van der Waals surface area (Å²) in [7, 11) is 0. The van der Waals surface area contributed by atoms with E-state index in [-0.39, 0.29) is 5.91 Å². The summed E-state index contributed by atoms with van der Waals surface area (Å²) in [5.74, 6) is 1.72. The van der Waals surface area contributed by atoms with Crippen molar-refractivity contribution >= 4 is 11.9 Å². The lowest BCUT2D eigenvalue weighted by molar-refractivity contribution is 0.0783. The molecule has 0 saturated carbocycles. The molecule has 1 N–H and O–H groups in total. The van der Waals surface area contributed by atoms with Gasteiger partial charge in [0.2, 0.25) is 5.95 Å². The summed E-state index contributed by atoms with van der Waals surface area (Å²) in [5, 5.41) is 6.84. The van der Waals surface area contributed by atoms with Gasteiger partial charge in [0.15, 0.2) is 0 Å². The molecule has 4 heterocycles. The van der Waals surface area contributed by atoms with Crippen molar-refractivity contribution in [3.8, 4) is 22.4 Å². The van der Waals surface area contributed by atoms with E-state index in [4.69, 9.17) is 4.98 Å². The Morgan fingerprint density at radius 1 is 0.879 bits per heavy atom. The molecule has 2 atom stereocenters. The maximum Gasteiger partial charge on any atom is 0.254 e. The van der Waals surface area contributed by atoms with Gasteiger partial charge in [-0.1, -0.05) is 48.5 Å². The monoisotopic (exact) mass is 436 g/mol. The summed E-state index contributed by atoms with van der Waals surface area (Å²) in [6.07, 6.45) is 5.40. The molecular formula is C26H24N6O. The largest absolute Gasteiger partial charge is 0.340 e. The SMILES string of the molecule is O=C(c1ccccc1-c1ccccc1)N1CC2CN(c3nccc(-c4cn[nH]c4)n3)CC2C1. The van der Waals surface area contributed by atoms with Crippen molar-refractivity contribution in [2.75, 3.05) is 31.1 Å². The fourth-order valence-corrected chi connectivity index (χ4v) is 5.08. The van der Waals surface area contributed by atoms with Crippen LogP contribution in [0.15, 0.2) is 79.3 Å². The number of carbonyl (C=O) groups excluding carboxylic acids is 1. The van der Waals surface area contributed by atoms with Gasteiger partial charge >= 0.3 is 0 Å². The van der Waals surface area contributed by atoms with Gasteiger partial charge in [0.25, 0.3) is 5.91 Å². The Balaban J connectivity index is 1.17. The Morgan fingerprint density at radius 2 is 1.64 bits per heavy atom. The van der Waals surface area contributed by atoms with Gasteiger partial charge in [-0.3, -0.25) is 9.89 Å². The third-order valence-electron chi connectivity index (χ3n) is 6.74. The molecule has 0 spiro atoms. The number of fused-ring (bicyclic) bond motifs is 1. The number of likely N-dealkylation sites (tertiary alicyclic amines) is 1. The molecule has 6 rings (SSSR count). The van der Waals surface area contributed by atoms with E-state index in [0.717, 1.165) is 60.1 Å². The van der Waals surface area contributed by atoms with Gasteiger partial charge in [0.05, 0.1) is 11.9 Å². The van der Waals surface area contributed by atoms with Crippen LogP contribution in [0.25, 0.3) is 22.4 Å². The fourth-order valence-electron chi connectivity index (χ4n) is 5.08. The summed E-state index contributed by atoms with van der Waals surface area (Å²) in [6.45, 7) is 3.27. The summed E-state index contributed by atoms with van der Waals surface area (Å²) in [5.41, 5.74) is 4.65. The first kappa shape index (κ1) is 19.7. The summed E-state index contributed by atoms with van der Waals surface area (Å²) >= 11 is 0. The number of nitrogens with one attached hydrogen (secondary N) is 1. The zero-order valence-electron chi connectivity index (χ0n) is 18.1. The van der Waals surface area contributed by atoms with Gasteiger partial charge in [-0.15, -0.1) is 0 Å². The number of anilines is 1. The van der Waals surface area contributed by atoms with Gasteiger partial charge in [0.1, 0.15) is 0 Å². The number of aromatic nitrogens is 4. The van der Waals surface area contributed by atoms with E-state index in [9.17, 15) is 4.79 Å². The Hall–Kier alpha value is -4.00. The molecule has 7 nitrogen and oxygen atoms in total. The van der Waals surface area contributed by atoms with E-state index in [1.54, 1.807) is 12.4 Å². The normalized spacial score (nSPS) is 19.6. The molecule has 2 aliphatic heterocycles. The van der Waals surface area contributed by atoms with Crippen LogP contribution < -0.4 is 4.90 Å². The number of carbonyl (C=O) groups is 1. The number of rotatable bonds is 4. The lowest BCUT2D eigenvalue weighted by atomic mass is 9.99. The standard InChI is InChI=1S/C26H24N6O/c33-25(23-9-5-4-8-22(23)18-6-2-1-3-7-18)31-14-20-16-32(17-21(20)15-31)26-27-11-10-24(30-26)19-12-28-29-13-19/h1-13,20-21H,14-17H2,(H,28,29). The van der Waals surface area contributed by atoms with Crippen LogP contribution in [0, 0.1) is 11.8 Å². The molecule has 2 aromatic heterocycles. The van der Waals surface area contributed by atoms with Crippen LogP contribution >= 0.6 is 0 Å². The first-order valence-corrected chi connectivity index (χ1v) is 11.3. The molecule has 2 fully saturated rings. The first-order chi connectivity index (χ1) is 16.3.